The number of imidazole rings is 1. The van der Waals surface area contributed by atoms with Gasteiger partial charge >= 0.3 is 0 Å². The van der Waals surface area contributed by atoms with E-state index in [0.717, 1.165) is 28.4 Å². The third-order valence-corrected chi connectivity index (χ3v) is 3.10. The van der Waals surface area contributed by atoms with Crippen molar-refractivity contribution in [3.05, 3.63) is 46.7 Å². The van der Waals surface area contributed by atoms with Crippen LogP contribution in [0, 0.1) is 6.92 Å². The Morgan fingerprint density at radius 3 is 2.94 bits per heavy atom. The number of rotatable bonds is 1. The minimum atomic E-state index is 0.428. The lowest BCUT2D eigenvalue weighted by Crippen LogP contribution is -1.89. The van der Waals surface area contributed by atoms with E-state index in [-0.39, 0.29) is 0 Å². The van der Waals surface area contributed by atoms with Crippen LogP contribution in [0.3, 0.4) is 0 Å². The first kappa shape index (κ1) is 10.3. The molecule has 3 rings (SSSR count). The maximum atomic E-state index is 10.8. The summed E-state index contributed by atoms with van der Waals surface area (Å²) in [5.74, 6) is 0. The zero-order valence-corrected chi connectivity index (χ0v) is 9.90. The molecule has 0 spiro atoms. The second-order valence-corrected chi connectivity index (χ2v) is 4.44. The monoisotopic (exact) mass is 244 g/mol. The fourth-order valence-electron chi connectivity index (χ4n) is 2.07. The molecular formula is C13H9ClN2O. The summed E-state index contributed by atoms with van der Waals surface area (Å²) < 4.78 is 1.89. The first-order valence-corrected chi connectivity index (χ1v) is 5.60. The van der Waals surface area contributed by atoms with Gasteiger partial charge in [-0.2, -0.15) is 0 Å². The molecule has 0 amide bonds. The molecule has 0 unspecified atom stereocenters. The molecule has 2 heterocycles. The van der Waals surface area contributed by atoms with Crippen LogP contribution in [0.15, 0.2) is 30.5 Å². The quantitative estimate of drug-likeness (QED) is 0.616. The molecule has 0 saturated carbocycles. The molecular weight excluding hydrogens is 236 g/mol. The van der Waals surface area contributed by atoms with Crippen molar-refractivity contribution in [3.63, 3.8) is 0 Å². The number of hydrogen-bond donors (Lipinski definition) is 0. The first-order valence-electron chi connectivity index (χ1n) is 5.22. The molecule has 1 aromatic carbocycles. The summed E-state index contributed by atoms with van der Waals surface area (Å²) in [7, 11) is 0. The summed E-state index contributed by atoms with van der Waals surface area (Å²) in [6.45, 7) is 2.02. The van der Waals surface area contributed by atoms with Crippen molar-refractivity contribution < 1.29 is 4.79 Å². The van der Waals surface area contributed by atoms with Crippen LogP contribution in [0.25, 0.3) is 16.6 Å². The summed E-state index contributed by atoms with van der Waals surface area (Å²) in [4.78, 5) is 15.0. The maximum absolute atomic E-state index is 10.8. The van der Waals surface area contributed by atoms with Crippen LogP contribution in [0.2, 0.25) is 5.02 Å². The van der Waals surface area contributed by atoms with Crippen molar-refractivity contribution in [3.8, 4) is 0 Å². The summed E-state index contributed by atoms with van der Waals surface area (Å²) in [6, 6.07) is 7.68. The second kappa shape index (κ2) is 3.57. The highest BCUT2D eigenvalue weighted by Gasteiger charge is 2.07. The number of benzene rings is 1. The number of aromatic nitrogens is 2. The molecule has 0 N–H and O–H groups in total. The molecule has 3 aromatic rings. The van der Waals surface area contributed by atoms with Crippen molar-refractivity contribution >= 4 is 34.4 Å². The lowest BCUT2D eigenvalue weighted by molar-refractivity contribution is 0.111. The van der Waals surface area contributed by atoms with E-state index in [0.29, 0.717) is 10.7 Å². The molecule has 0 saturated heterocycles. The van der Waals surface area contributed by atoms with Crippen LogP contribution in [-0.2, 0) is 0 Å². The molecule has 0 atom stereocenters. The number of aldehydes is 1. The highest BCUT2D eigenvalue weighted by molar-refractivity contribution is 6.31. The van der Waals surface area contributed by atoms with E-state index in [2.05, 4.69) is 4.98 Å². The molecule has 0 aliphatic rings. The predicted octanol–water partition coefficient (Wildman–Crippen LogP) is 3.26. The van der Waals surface area contributed by atoms with Gasteiger partial charge in [0.05, 0.1) is 5.52 Å². The van der Waals surface area contributed by atoms with Gasteiger partial charge in [0.2, 0.25) is 0 Å². The zero-order chi connectivity index (χ0) is 12.0. The van der Waals surface area contributed by atoms with Gasteiger partial charge in [-0.15, -0.1) is 0 Å². The SMILES string of the molecule is Cc1cc2nc(C=O)cn2c2cc(Cl)ccc12. The number of aryl methyl sites for hydroxylation is 1. The Balaban J connectivity index is 2.55. The molecule has 0 bridgehead atoms. The van der Waals surface area contributed by atoms with Crippen molar-refractivity contribution in [2.24, 2.45) is 0 Å². The molecule has 3 nitrogen and oxygen atoms in total. The number of pyridine rings is 1. The van der Waals surface area contributed by atoms with E-state index in [1.54, 1.807) is 6.20 Å². The van der Waals surface area contributed by atoms with Crippen LogP contribution < -0.4 is 0 Å². The molecule has 0 fully saturated rings. The second-order valence-electron chi connectivity index (χ2n) is 4.00. The molecule has 2 aromatic heterocycles. The molecule has 84 valence electrons. The Morgan fingerprint density at radius 1 is 1.35 bits per heavy atom. The van der Waals surface area contributed by atoms with Crippen molar-refractivity contribution in [1.82, 2.24) is 9.38 Å². The standard InChI is InChI=1S/C13H9ClN2O/c1-8-4-13-15-10(7-17)6-16(13)12-5-9(14)2-3-11(8)12/h2-7H,1H3. The van der Waals surface area contributed by atoms with Gasteiger partial charge in [-0.1, -0.05) is 17.7 Å². The van der Waals surface area contributed by atoms with Gasteiger partial charge in [-0.05, 0) is 30.7 Å². The molecule has 0 aliphatic carbocycles. The molecule has 17 heavy (non-hydrogen) atoms. The van der Waals surface area contributed by atoms with Crippen molar-refractivity contribution in [2.75, 3.05) is 0 Å². The molecule has 0 radical (unpaired) electrons. The van der Waals surface area contributed by atoms with Crippen LogP contribution >= 0.6 is 11.6 Å². The average Bonchev–Trinajstić information content (AvgIpc) is 2.72. The van der Waals surface area contributed by atoms with Crippen molar-refractivity contribution in [2.45, 2.75) is 6.92 Å². The van der Waals surface area contributed by atoms with Crippen LogP contribution in [0.1, 0.15) is 16.1 Å². The van der Waals surface area contributed by atoms with E-state index < -0.39 is 0 Å². The summed E-state index contributed by atoms with van der Waals surface area (Å²) in [5.41, 5.74) is 3.27. The summed E-state index contributed by atoms with van der Waals surface area (Å²) in [5, 5.41) is 1.78. The predicted molar refractivity (Wildman–Crippen MR) is 67.8 cm³/mol. The van der Waals surface area contributed by atoms with E-state index in [1.807, 2.05) is 35.6 Å². The van der Waals surface area contributed by atoms with Crippen LogP contribution in [0.5, 0.6) is 0 Å². The van der Waals surface area contributed by atoms with E-state index >= 15 is 0 Å². The van der Waals surface area contributed by atoms with Crippen LogP contribution in [-0.4, -0.2) is 15.7 Å². The highest BCUT2D eigenvalue weighted by atomic mass is 35.5. The van der Waals surface area contributed by atoms with Crippen molar-refractivity contribution in [1.29, 1.82) is 0 Å². The maximum Gasteiger partial charge on any atom is 0.170 e. The minimum Gasteiger partial charge on any atom is -0.299 e. The Hall–Kier alpha value is -1.87. The fraction of sp³-hybridized carbons (Fsp3) is 0.0769. The fourth-order valence-corrected chi connectivity index (χ4v) is 2.24. The van der Waals surface area contributed by atoms with Gasteiger partial charge in [0.15, 0.2) is 6.29 Å². The van der Waals surface area contributed by atoms with E-state index in [4.69, 9.17) is 11.6 Å². The number of hydrogen-bond acceptors (Lipinski definition) is 2. The lowest BCUT2D eigenvalue weighted by atomic mass is 10.1. The Morgan fingerprint density at radius 2 is 2.18 bits per heavy atom. The Kier molecular flexibility index (Phi) is 2.16. The van der Waals surface area contributed by atoms with Gasteiger partial charge in [0.1, 0.15) is 11.3 Å². The van der Waals surface area contributed by atoms with E-state index in [1.165, 1.54) is 0 Å². The Bertz CT molecular complexity index is 746. The Labute approximate surface area is 103 Å². The topological polar surface area (TPSA) is 34.4 Å². The normalized spacial score (nSPS) is 11.2. The largest absolute Gasteiger partial charge is 0.299 e. The number of carbonyl (C=O) groups is 1. The molecule has 0 aliphatic heterocycles. The number of halogens is 1. The third kappa shape index (κ3) is 1.51. The third-order valence-electron chi connectivity index (χ3n) is 2.86. The number of fused-ring (bicyclic) bond motifs is 3. The summed E-state index contributed by atoms with van der Waals surface area (Å²) in [6.07, 6.45) is 2.47. The smallest absolute Gasteiger partial charge is 0.170 e. The van der Waals surface area contributed by atoms with Gasteiger partial charge in [-0.25, -0.2) is 4.98 Å². The molecule has 4 heteroatoms. The minimum absolute atomic E-state index is 0.428. The summed E-state index contributed by atoms with van der Waals surface area (Å²) >= 11 is 6.01. The van der Waals surface area contributed by atoms with Crippen LogP contribution in [0.4, 0.5) is 0 Å². The van der Waals surface area contributed by atoms with Gasteiger partial charge in [-0.3, -0.25) is 9.20 Å². The first-order chi connectivity index (χ1) is 8.19. The van der Waals surface area contributed by atoms with E-state index in [9.17, 15) is 4.79 Å². The lowest BCUT2D eigenvalue weighted by Gasteiger charge is -2.05. The number of carbonyl (C=O) groups excluding carboxylic acids is 1. The van der Waals surface area contributed by atoms with Gasteiger partial charge in [0.25, 0.3) is 0 Å². The highest BCUT2D eigenvalue weighted by Crippen LogP contribution is 2.24. The number of nitrogens with zero attached hydrogens (tertiary/aromatic N) is 2. The van der Waals surface area contributed by atoms with Gasteiger partial charge < -0.3 is 0 Å². The zero-order valence-electron chi connectivity index (χ0n) is 9.14. The van der Waals surface area contributed by atoms with Gasteiger partial charge in [0, 0.05) is 16.6 Å². The average molecular weight is 245 g/mol.